The minimum atomic E-state index is 0.505. The van der Waals surface area contributed by atoms with Gasteiger partial charge in [-0.2, -0.15) is 0 Å². The van der Waals surface area contributed by atoms with Crippen molar-refractivity contribution in [2.24, 2.45) is 5.73 Å². The van der Waals surface area contributed by atoms with Crippen molar-refractivity contribution in [2.45, 2.75) is 39.3 Å². The van der Waals surface area contributed by atoms with Crippen molar-refractivity contribution in [1.29, 1.82) is 0 Å². The molecule has 0 spiro atoms. The molecule has 1 unspecified atom stereocenters. The zero-order valence-corrected chi connectivity index (χ0v) is 6.65. The van der Waals surface area contributed by atoms with Crippen LogP contribution in [0.25, 0.3) is 0 Å². The zero-order chi connectivity index (χ0) is 7.28. The molecular weight excluding hydrogens is 112 g/mol. The highest BCUT2D eigenvalue weighted by Crippen LogP contribution is 1.89. The largest absolute Gasteiger partial charge is 0.329 e. The molecule has 9 heavy (non-hydrogen) atoms. The lowest BCUT2D eigenvalue weighted by molar-refractivity contribution is 0.458. The van der Waals surface area contributed by atoms with Crippen molar-refractivity contribution < 1.29 is 0 Å². The molecule has 2 nitrogen and oxygen atoms in total. The zero-order valence-electron chi connectivity index (χ0n) is 6.65. The second kappa shape index (κ2) is 4.77. The van der Waals surface area contributed by atoms with E-state index in [0.717, 1.165) is 13.0 Å². The molecule has 0 radical (unpaired) electrons. The highest BCUT2D eigenvalue weighted by molar-refractivity contribution is 4.67. The van der Waals surface area contributed by atoms with Crippen LogP contribution in [0.1, 0.15) is 27.2 Å². The first-order valence-corrected chi connectivity index (χ1v) is 3.66. The molecule has 0 bridgehead atoms. The molecule has 0 heterocycles. The molecule has 2 heteroatoms. The van der Waals surface area contributed by atoms with Crippen LogP contribution in [0.15, 0.2) is 0 Å². The normalized spacial score (nSPS) is 14.3. The van der Waals surface area contributed by atoms with Crippen molar-refractivity contribution in [1.82, 2.24) is 5.32 Å². The van der Waals surface area contributed by atoms with Gasteiger partial charge in [0.15, 0.2) is 0 Å². The number of hydrogen-bond donors (Lipinski definition) is 2. The summed E-state index contributed by atoms with van der Waals surface area (Å²) in [5.74, 6) is 0. The van der Waals surface area contributed by atoms with Gasteiger partial charge in [0.1, 0.15) is 0 Å². The first-order chi connectivity index (χ1) is 4.20. The maximum atomic E-state index is 5.47. The highest BCUT2D eigenvalue weighted by atomic mass is 14.9. The van der Waals surface area contributed by atoms with E-state index in [2.05, 4.69) is 26.1 Å². The van der Waals surface area contributed by atoms with Crippen LogP contribution in [-0.2, 0) is 0 Å². The molecule has 0 aliphatic carbocycles. The molecular formula is C7H18N2. The molecule has 0 saturated carbocycles. The summed E-state index contributed by atoms with van der Waals surface area (Å²) in [5.41, 5.74) is 5.47. The second-order valence-corrected chi connectivity index (χ2v) is 2.66. The highest BCUT2D eigenvalue weighted by Gasteiger charge is 2.02. The van der Waals surface area contributed by atoms with Crippen LogP contribution in [-0.4, -0.2) is 18.6 Å². The molecule has 0 saturated heterocycles. The van der Waals surface area contributed by atoms with E-state index in [9.17, 15) is 0 Å². The molecule has 3 N–H and O–H groups in total. The van der Waals surface area contributed by atoms with Crippen molar-refractivity contribution in [2.75, 3.05) is 6.54 Å². The van der Waals surface area contributed by atoms with Crippen molar-refractivity contribution >= 4 is 0 Å². The Morgan fingerprint density at radius 3 is 2.11 bits per heavy atom. The van der Waals surface area contributed by atoms with E-state index in [-0.39, 0.29) is 0 Å². The van der Waals surface area contributed by atoms with Gasteiger partial charge in [0.05, 0.1) is 0 Å². The molecule has 0 aromatic carbocycles. The van der Waals surface area contributed by atoms with Crippen molar-refractivity contribution in [3.63, 3.8) is 0 Å². The van der Waals surface area contributed by atoms with E-state index >= 15 is 0 Å². The maximum Gasteiger partial charge on any atom is 0.0189 e. The van der Waals surface area contributed by atoms with Crippen LogP contribution >= 0.6 is 0 Å². The second-order valence-electron chi connectivity index (χ2n) is 2.66. The van der Waals surface area contributed by atoms with Gasteiger partial charge in [-0.15, -0.1) is 0 Å². The third kappa shape index (κ3) is 4.43. The van der Waals surface area contributed by atoms with Gasteiger partial charge in [0.2, 0.25) is 0 Å². The molecule has 0 aliphatic rings. The lowest BCUT2D eigenvalue weighted by Crippen LogP contribution is -2.39. The fourth-order valence-electron chi connectivity index (χ4n) is 0.824. The smallest absolute Gasteiger partial charge is 0.0189 e. The molecule has 0 rings (SSSR count). The van der Waals surface area contributed by atoms with Gasteiger partial charge in [-0.05, 0) is 6.42 Å². The number of nitrogens with two attached hydrogens (primary N) is 1. The monoisotopic (exact) mass is 130 g/mol. The van der Waals surface area contributed by atoms with Gasteiger partial charge in [0, 0.05) is 18.6 Å². The Balaban J connectivity index is 3.31. The van der Waals surface area contributed by atoms with Gasteiger partial charge in [-0.1, -0.05) is 20.8 Å². The molecule has 56 valence electrons. The summed E-state index contributed by atoms with van der Waals surface area (Å²) in [4.78, 5) is 0. The average Bonchev–Trinajstić information content (AvgIpc) is 1.82. The summed E-state index contributed by atoms with van der Waals surface area (Å²) in [6, 6.07) is 1.06. The van der Waals surface area contributed by atoms with E-state index in [4.69, 9.17) is 5.73 Å². The predicted molar refractivity (Wildman–Crippen MR) is 41.4 cm³/mol. The van der Waals surface area contributed by atoms with Crippen LogP contribution in [0.4, 0.5) is 0 Å². The van der Waals surface area contributed by atoms with Crippen LogP contribution in [0, 0.1) is 0 Å². The van der Waals surface area contributed by atoms with E-state index in [0.29, 0.717) is 12.1 Å². The standard InChI is InChI=1S/C7H18N2/c1-4-7(5-8)9-6(2)3/h6-7,9H,4-5,8H2,1-3H3. The Labute approximate surface area is 57.8 Å². The van der Waals surface area contributed by atoms with Gasteiger partial charge in [0.25, 0.3) is 0 Å². The summed E-state index contributed by atoms with van der Waals surface area (Å²) in [6.07, 6.45) is 1.12. The Morgan fingerprint density at radius 1 is 1.44 bits per heavy atom. The first kappa shape index (κ1) is 8.92. The molecule has 0 aromatic rings. The third-order valence-electron chi connectivity index (χ3n) is 1.35. The summed E-state index contributed by atoms with van der Waals surface area (Å²) < 4.78 is 0. The van der Waals surface area contributed by atoms with Crippen LogP contribution in [0.5, 0.6) is 0 Å². The average molecular weight is 130 g/mol. The van der Waals surface area contributed by atoms with Gasteiger partial charge >= 0.3 is 0 Å². The Bertz CT molecular complexity index is 57.9. The topological polar surface area (TPSA) is 38.0 Å². The molecule has 1 atom stereocenters. The fourth-order valence-corrected chi connectivity index (χ4v) is 0.824. The SMILES string of the molecule is CCC(CN)NC(C)C. The number of nitrogens with one attached hydrogen (secondary N) is 1. The summed E-state index contributed by atoms with van der Waals surface area (Å²) >= 11 is 0. The lowest BCUT2D eigenvalue weighted by Gasteiger charge is -2.16. The van der Waals surface area contributed by atoms with E-state index in [1.54, 1.807) is 0 Å². The van der Waals surface area contributed by atoms with Gasteiger partial charge in [-0.3, -0.25) is 0 Å². The summed E-state index contributed by atoms with van der Waals surface area (Å²) in [5, 5.41) is 3.35. The number of rotatable bonds is 4. The Morgan fingerprint density at radius 2 is 2.00 bits per heavy atom. The van der Waals surface area contributed by atoms with E-state index in [1.165, 1.54) is 0 Å². The minimum Gasteiger partial charge on any atom is -0.329 e. The van der Waals surface area contributed by atoms with Gasteiger partial charge < -0.3 is 11.1 Å². The minimum absolute atomic E-state index is 0.505. The first-order valence-electron chi connectivity index (χ1n) is 3.66. The Hall–Kier alpha value is -0.0800. The van der Waals surface area contributed by atoms with Crippen LogP contribution < -0.4 is 11.1 Å². The summed E-state index contributed by atoms with van der Waals surface area (Å²) in [7, 11) is 0. The third-order valence-corrected chi connectivity index (χ3v) is 1.35. The fraction of sp³-hybridized carbons (Fsp3) is 1.00. The van der Waals surface area contributed by atoms with Crippen LogP contribution in [0.2, 0.25) is 0 Å². The van der Waals surface area contributed by atoms with Crippen molar-refractivity contribution in [3.05, 3.63) is 0 Å². The molecule has 0 fully saturated rings. The lowest BCUT2D eigenvalue weighted by atomic mass is 10.2. The van der Waals surface area contributed by atoms with Crippen LogP contribution in [0.3, 0.4) is 0 Å². The number of hydrogen-bond acceptors (Lipinski definition) is 2. The molecule has 0 amide bonds. The quantitative estimate of drug-likeness (QED) is 0.588. The molecule has 0 aliphatic heterocycles. The van der Waals surface area contributed by atoms with Crippen molar-refractivity contribution in [3.8, 4) is 0 Å². The summed E-state index contributed by atoms with van der Waals surface area (Å²) in [6.45, 7) is 7.16. The predicted octanol–water partition coefficient (Wildman–Crippen LogP) is 0.722. The van der Waals surface area contributed by atoms with Gasteiger partial charge in [-0.25, -0.2) is 0 Å². The van der Waals surface area contributed by atoms with E-state index < -0.39 is 0 Å². The Kier molecular flexibility index (Phi) is 4.72. The maximum absolute atomic E-state index is 5.47. The van der Waals surface area contributed by atoms with E-state index in [1.807, 2.05) is 0 Å². The molecule has 0 aromatic heterocycles.